The number of rotatable bonds is 8. The summed E-state index contributed by atoms with van der Waals surface area (Å²) >= 11 is 0. The molecule has 4 rings (SSSR count). The zero-order valence-electron chi connectivity index (χ0n) is 20.0. The van der Waals surface area contributed by atoms with E-state index >= 15 is 0 Å². The summed E-state index contributed by atoms with van der Waals surface area (Å²) in [7, 11) is 0. The van der Waals surface area contributed by atoms with Crippen molar-refractivity contribution in [1.29, 1.82) is 0 Å². The molecule has 188 valence electrons. The molecule has 38 heavy (non-hydrogen) atoms. The first-order valence-electron chi connectivity index (χ1n) is 11.4. The Hall–Kier alpha value is -5.50. The first kappa shape index (κ1) is 25.6. The summed E-state index contributed by atoms with van der Waals surface area (Å²) in [6.45, 7) is 7.28. The maximum absolute atomic E-state index is 13.1. The Balaban J connectivity index is 1.69. The van der Waals surface area contributed by atoms with E-state index in [1.54, 1.807) is 48.5 Å². The maximum Gasteiger partial charge on any atom is 0.336 e. The molecule has 0 aliphatic rings. The minimum atomic E-state index is -1.25. The molecular formula is C30H22N2O6. The van der Waals surface area contributed by atoms with Gasteiger partial charge in [0, 0.05) is 22.1 Å². The van der Waals surface area contributed by atoms with E-state index in [0.717, 1.165) is 0 Å². The van der Waals surface area contributed by atoms with Crippen molar-refractivity contribution in [3.63, 3.8) is 0 Å². The third-order valence-corrected chi connectivity index (χ3v) is 5.93. The van der Waals surface area contributed by atoms with Crippen molar-refractivity contribution in [2.24, 2.45) is 0 Å². The van der Waals surface area contributed by atoms with Crippen molar-refractivity contribution in [3.8, 4) is 0 Å². The molecule has 0 aromatic heterocycles. The van der Waals surface area contributed by atoms with E-state index in [4.69, 9.17) is 0 Å². The van der Waals surface area contributed by atoms with Crippen molar-refractivity contribution in [2.45, 2.75) is 0 Å². The fourth-order valence-electron chi connectivity index (χ4n) is 4.03. The van der Waals surface area contributed by atoms with Crippen molar-refractivity contribution >= 4 is 58.1 Å². The van der Waals surface area contributed by atoms with Crippen LogP contribution in [0, 0.1) is 0 Å². The van der Waals surface area contributed by atoms with Gasteiger partial charge in [-0.15, -0.1) is 0 Å². The summed E-state index contributed by atoms with van der Waals surface area (Å²) in [6, 6.07) is 18.9. The Morgan fingerprint density at radius 3 is 1.50 bits per heavy atom. The van der Waals surface area contributed by atoms with Gasteiger partial charge in [-0.05, 0) is 47.5 Å². The molecule has 0 heterocycles. The second-order valence-corrected chi connectivity index (χ2v) is 8.24. The van der Waals surface area contributed by atoms with Gasteiger partial charge in [-0.3, -0.25) is 9.59 Å². The Bertz CT molecular complexity index is 1650. The van der Waals surface area contributed by atoms with Crippen LogP contribution in [0.5, 0.6) is 0 Å². The van der Waals surface area contributed by atoms with Crippen LogP contribution in [0.1, 0.15) is 52.6 Å². The number of benzene rings is 4. The topological polar surface area (TPSA) is 133 Å². The number of amides is 2. The number of fused-ring (bicyclic) bond motifs is 1. The number of nitrogens with one attached hydrogen (secondary N) is 2. The molecule has 0 radical (unpaired) electrons. The second kappa shape index (κ2) is 10.6. The maximum atomic E-state index is 13.1. The Kier molecular flexibility index (Phi) is 7.16. The molecule has 0 unspecified atom stereocenters. The SMILES string of the molecule is C=Cc1ccc(C(=O)Nc2cccc3c(NC(=O)c4cc(C=C)ccc4C(=O)O)cccc23)c(C(=O)O)c1. The molecule has 4 aromatic carbocycles. The van der Waals surface area contributed by atoms with Crippen LogP contribution in [-0.4, -0.2) is 34.0 Å². The van der Waals surface area contributed by atoms with Gasteiger partial charge in [0.15, 0.2) is 0 Å². The first-order chi connectivity index (χ1) is 18.2. The molecule has 0 aliphatic heterocycles. The van der Waals surface area contributed by atoms with Gasteiger partial charge in [0.2, 0.25) is 0 Å². The summed E-state index contributed by atoms with van der Waals surface area (Å²) in [4.78, 5) is 49.6. The third-order valence-electron chi connectivity index (χ3n) is 5.93. The fourth-order valence-corrected chi connectivity index (χ4v) is 4.03. The molecule has 8 heteroatoms. The van der Waals surface area contributed by atoms with Crippen LogP contribution >= 0.6 is 0 Å². The van der Waals surface area contributed by atoms with Crippen molar-refractivity contribution in [2.75, 3.05) is 10.6 Å². The second-order valence-electron chi connectivity index (χ2n) is 8.24. The van der Waals surface area contributed by atoms with Crippen LogP contribution in [0.3, 0.4) is 0 Å². The summed E-state index contributed by atoms with van der Waals surface area (Å²) in [5.74, 6) is -3.73. The first-order valence-corrected chi connectivity index (χ1v) is 11.4. The largest absolute Gasteiger partial charge is 0.478 e. The standard InChI is InChI=1S/C30H22N2O6/c1-3-17-12-14-22(29(35)36)23(15-17)28(34)32-26-10-6-7-19-20(26)8-5-9-25(19)31-27(33)21-13-11-18(4-2)16-24(21)30(37)38/h3-16H,1-2H2,(H,31,33)(H,32,34)(H,35,36)(H,37,38). The van der Waals surface area contributed by atoms with E-state index in [9.17, 15) is 29.4 Å². The molecule has 0 aliphatic carbocycles. The molecule has 0 saturated heterocycles. The van der Waals surface area contributed by atoms with E-state index in [-0.39, 0.29) is 22.3 Å². The number of hydrogen-bond acceptors (Lipinski definition) is 4. The van der Waals surface area contributed by atoms with Gasteiger partial charge in [0.25, 0.3) is 11.8 Å². The summed E-state index contributed by atoms with van der Waals surface area (Å²) < 4.78 is 0. The van der Waals surface area contributed by atoms with Crippen LogP contribution in [0.2, 0.25) is 0 Å². The van der Waals surface area contributed by atoms with Crippen molar-refractivity contribution in [1.82, 2.24) is 0 Å². The highest BCUT2D eigenvalue weighted by molar-refractivity contribution is 6.17. The van der Waals surface area contributed by atoms with E-state index in [1.807, 2.05) is 0 Å². The summed E-state index contributed by atoms with van der Waals surface area (Å²) in [5, 5.41) is 25.8. The predicted octanol–water partition coefficient (Wildman–Crippen LogP) is 6.03. The van der Waals surface area contributed by atoms with Crippen molar-refractivity contribution < 1.29 is 29.4 Å². The van der Waals surface area contributed by atoms with E-state index < -0.39 is 23.8 Å². The molecule has 0 bridgehead atoms. The lowest BCUT2D eigenvalue weighted by Gasteiger charge is -2.14. The minimum Gasteiger partial charge on any atom is -0.478 e. The smallest absolute Gasteiger partial charge is 0.336 e. The Morgan fingerprint density at radius 1 is 0.579 bits per heavy atom. The van der Waals surface area contributed by atoms with E-state index in [1.165, 1.54) is 36.4 Å². The highest BCUT2D eigenvalue weighted by Crippen LogP contribution is 2.30. The zero-order valence-corrected chi connectivity index (χ0v) is 20.0. The summed E-state index contributed by atoms with van der Waals surface area (Å²) in [5.41, 5.74) is 1.58. The van der Waals surface area contributed by atoms with Gasteiger partial charge >= 0.3 is 11.9 Å². The molecule has 4 aromatic rings. The minimum absolute atomic E-state index is 0.0205. The van der Waals surface area contributed by atoms with Gasteiger partial charge in [-0.25, -0.2) is 9.59 Å². The monoisotopic (exact) mass is 506 g/mol. The number of carbonyl (C=O) groups is 4. The van der Waals surface area contributed by atoms with Crippen LogP contribution in [0.4, 0.5) is 11.4 Å². The van der Waals surface area contributed by atoms with Gasteiger partial charge in [0.05, 0.1) is 22.3 Å². The van der Waals surface area contributed by atoms with Gasteiger partial charge < -0.3 is 20.8 Å². The quantitative estimate of drug-likeness (QED) is 0.231. The normalized spacial score (nSPS) is 10.4. The third kappa shape index (κ3) is 5.05. The number of carboxylic acids is 2. The lowest BCUT2D eigenvalue weighted by Crippen LogP contribution is -2.17. The molecule has 8 nitrogen and oxygen atoms in total. The van der Waals surface area contributed by atoms with Gasteiger partial charge in [-0.1, -0.05) is 61.7 Å². The average molecular weight is 507 g/mol. The van der Waals surface area contributed by atoms with Gasteiger partial charge in [-0.2, -0.15) is 0 Å². The number of anilines is 2. The Labute approximate surface area is 217 Å². The van der Waals surface area contributed by atoms with Crippen LogP contribution in [-0.2, 0) is 0 Å². The lowest BCUT2D eigenvalue weighted by molar-refractivity contribution is 0.0683. The zero-order chi connectivity index (χ0) is 27.4. The molecule has 2 amide bonds. The van der Waals surface area contributed by atoms with Gasteiger partial charge in [0.1, 0.15) is 0 Å². The molecule has 4 N–H and O–H groups in total. The van der Waals surface area contributed by atoms with Crippen LogP contribution in [0.15, 0.2) is 86.0 Å². The van der Waals surface area contributed by atoms with Crippen LogP contribution < -0.4 is 10.6 Å². The number of carboxylic acid groups (broad SMARTS) is 2. The number of aromatic carboxylic acids is 2. The fraction of sp³-hybridized carbons (Fsp3) is 0. The Morgan fingerprint density at radius 2 is 1.03 bits per heavy atom. The molecule has 0 atom stereocenters. The van der Waals surface area contributed by atoms with E-state index in [0.29, 0.717) is 33.3 Å². The highest BCUT2D eigenvalue weighted by Gasteiger charge is 2.20. The molecular weight excluding hydrogens is 484 g/mol. The average Bonchev–Trinajstić information content (AvgIpc) is 2.92. The number of hydrogen-bond donors (Lipinski definition) is 4. The summed E-state index contributed by atoms with van der Waals surface area (Å²) in [6.07, 6.45) is 3.00. The lowest BCUT2D eigenvalue weighted by atomic mass is 10.0. The molecule has 0 spiro atoms. The predicted molar refractivity (Wildman–Crippen MR) is 147 cm³/mol. The molecule has 0 fully saturated rings. The molecule has 0 saturated carbocycles. The van der Waals surface area contributed by atoms with Crippen LogP contribution in [0.25, 0.3) is 22.9 Å². The van der Waals surface area contributed by atoms with E-state index in [2.05, 4.69) is 23.8 Å². The van der Waals surface area contributed by atoms with Crippen molar-refractivity contribution in [3.05, 3.63) is 119 Å². The highest BCUT2D eigenvalue weighted by atomic mass is 16.4. The number of carbonyl (C=O) groups excluding carboxylic acids is 2.